The quantitative estimate of drug-likeness (QED) is 0.690. The zero-order valence-corrected chi connectivity index (χ0v) is 17.3. The fourth-order valence-electron chi connectivity index (χ4n) is 6.45. The first kappa shape index (κ1) is 19.3. The lowest BCUT2D eigenvalue weighted by Crippen LogP contribution is -3.00. The molecule has 0 aromatic heterocycles. The number of nitrogens with one attached hydrogen (secondary N) is 2. The van der Waals surface area contributed by atoms with Crippen molar-refractivity contribution in [2.24, 2.45) is 17.8 Å². The molecule has 6 rings (SSSR count). The summed E-state index contributed by atoms with van der Waals surface area (Å²) in [5.41, 5.74) is 2.05. The van der Waals surface area contributed by atoms with Gasteiger partial charge in [-0.2, -0.15) is 0 Å². The smallest absolute Gasteiger partial charge is 0.279 e. The first-order valence-electron chi connectivity index (χ1n) is 11.2. The molecule has 4 fully saturated rings. The number of benzene rings is 2. The van der Waals surface area contributed by atoms with Gasteiger partial charge in [-0.05, 0) is 61.3 Å². The van der Waals surface area contributed by atoms with Gasteiger partial charge in [-0.1, -0.05) is 30.3 Å². The molecule has 0 atom stereocenters. The molecule has 0 saturated heterocycles. The number of carbonyl (C=O) groups is 2. The minimum Gasteiger partial charge on any atom is -0.334 e. The molecule has 4 aliphatic rings. The molecule has 4 saturated carbocycles. The van der Waals surface area contributed by atoms with Crippen molar-refractivity contribution < 1.29 is 14.9 Å². The third-order valence-electron chi connectivity index (χ3n) is 7.28. The van der Waals surface area contributed by atoms with Crippen LogP contribution in [0.4, 0.5) is 11.4 Å². The first-order chi connectivity index (χ1) is 14.6. The van der Waals surface area contributed by atoms with E-state index in [4.69, 9.17) is 0 Å². The van der Waals surface area contributed by atoms with Gasteiger partial charge in [0.1, 0.15) is 0 Å². The van der Waals surface area contributed by atoms with E-state index in [9.17, 15) is 9.59 Å². The number of nitrogens with two attached hydrogens (primary N) is 1. The second-order valence-corrected chi connectivity index (χ2v) is 9.60. The summed E-state index contributed by atoms with van der Waals surface area (Å²) in [4.78, 5) is 25.5. The number of amides is 2. The predicted molar refractivity (Wildman–Crippen MR) is 117 cm³/mol. The number of hydrogen-bond acceptors (Lipinski definition) is 2. The SMILES string of the molecule is O=C(C[NH2+]C12CC3CC(CC(C3)C1)C2)Nc1ccccc1C(=O)Nc1ccccc1. The Morgan fingerprint density at radius 1 is 0.833 bits per heavy atom. The minimum absolute atomic E-state index is 0.0364. The van der Waals surface area contributed by atoms with E-state index in [0.29, 0.717) is 17.8 Å². The van der Waals surface area contributed by atoms with Crippen molar-refractivity contribution >= 4 is 23.2 Å². The Balaban J connectivity index is 1.22. The highest BCUT2D eigenvalue weighted by molar-refractivity contribution is 6.10. The van der Waals surface area contributed by atoms with E-state index in [2.05, 4.69) is 16.0 Å². The molecule has 2 aromatic rings. The molecule has 0 radical (unpaired) electrons. The van der Waals surface area contributed by atoms with Gasteiger partial charge in [0.25, 0.3) is 11.8 Å². The maximum absolute atomic E-state index is 12.8. The summed E-state index contributed by atoms with van der Waals surface area (Å²) < 4.78 is 0. The third-order valence-corrected chi connectivity index (χ3v) is 7.28. The van der Waals surface area contributed by atoms with Crippen molar-refractivity contribution in [3.05, 3.63) is 60.2 Å². The van der Waals surface area contributed by atoms with Crippen LogP contribution in [0.3, 0.4) is 0 Å². The van der Waals surface area contributed by atoms with Gasteiger partial charge in [-0.3, -0.25) is 9.59 Å². The lowest BCUT2D eigenvalue weighted by atomic mass is 9.53. The number of carbonyl (C=O) groups excluding carboxylic acids is 2. The van der Waals surface area contributed by atoms with Crippen LogP contribution in [0.15, 0.2) is 54.6 Å². The van der Waals surface area contributed by atoms with Crippen LogP contribution in [-0.2, 0) is 4.79 Å². The highest BCUT2D eigenvalue weighted by Gasteiger charge is 2.53. The number of rotatable bonds is 6. The summed E-state index contributed by atoms with van der Waals surface area (Å²) in [6, 6.07) is 16.6. The van der Waals surface area contributed by atoms with E-state index in [1.165, 1.54) is 38.5 Å². The Morgan fingerprint density at radius 2 is 1.43 bits per heavy atom. The fraction of sp³-hybridized carbons (Fsp3) is 0.440. The van der Waals surface area contributed by atoms with Crippen LogP contribution in [0.5, 0.6) is 0 Å². The van der Waals surface area contributed by atoms with Crippen molar-refractivity contribution in [1.29, 1.82) is 0 Å². The van der Waals surface area contributed by atoms with Crippen LogP contribution in [0.1, 0.15) is 48.9 Å². The molecule has 30 heavy (non-hydrogen) atoms. The van der Waals surface area contributed by atoms with Crippen molar-refractivity contribution in [3.8, 4) is 0 Å². The zero-order valence-electron chi connectivity index (χ0n) is 17.3. The maximum atomic E-state index is 12.8. The Labute approximate surface area is 177 Å². The largest absolute Gasteiger partial charge is 0.334 e. The second kappa shape index (κ2) is 7.88. The molecule has 156 valence electrons. The van der Waals surface area contributed by atoms with E-state index in [0.717, 1.165) is 23.4 Å². The Hall–Kier alpha value is -2.66. The Kier molecular flexibility index (Phi) is 5.07. The molecule has 0 heterocycles. The average molecular weight is 405 g/mol. The minimum atomic E-state index is -0.220. The number of hydrogen-bond donors (Lipinski definition) is 3. The van der Waals surface area contributed by atoms with Gasteiger partial charge >= 0.3 is 0 Å². The molecular formula is C25H30N3O2+. The van der Waals surface area contributed by atoms with Crippen LogP contribution < -0.4 is 16.0 Å². The molecule has 5 nitrogen and oxygen atoms in total. The molecule has 4 N–H and O–H groups in total. The van der Waals surface area contributed by atoms with Crippen LogP contribution in [0.2, 0.25) is 0 Å². The lowest BCUT2D eigenvalue weighted by molar-refractivity contribution is -0.729. The van der Waals surface area contributed by atoms with Gasteiger partial charge < -0.3 is 16.0 Å². The normalized spacial score (nSPS) is 28.9. The van der Waals surface area contributed by atoms with Crippen molar-refractivity contribution in [2.45, 2.75) is 44.1 Å². The summed E-state index contributed by atoms with van der Waals surface area (Å²) in [6.07, 6.45) is 8.02. The molecular weight excluding hydrogens is 374 g/mol. The Morgan fingerprint density at radius 3 is 2.10 bits per heavy atom. The average Bonchev–Trinajstić information content (AvgIpc) is 2.72. The van der Waals surface area contributed by atoms with E-state index >= 15 is 0 Å². The first-order valence-corrected chi connectivity index (χ1v) is 11.2. The molecule has 0 aliphatic heterocycles. The standard InChI is InChI=1S/C25H29N3O2/c29-23(16-26-25-13-17-10-18(14-25)12-19(11-17)15-25)28-22-9-5-4-8-21(22)24(30)27-20-6-2-1-3-7-20/h1-9,17-19,26H,10-16H2,(H,27,30)(H,28,29)/p+1. The predicted octanol–water partition coefficient (Wildman–Crippen LogP) is 3.41. The lowest BCUT2D eigenvalue weighted by Gasteiger charge is -2.54. The highest BCUT2D eigenvalue weighted by Crippen LogP contribution is 2.54. The van der Waals surface area contributed by atoms with E-state index < -0.39 is 0 Å². The second-order valence-electron chi connectivity index (χ2n) is 9.60. The van der Waals surface area contributed by atoms with Crippen molar-refractivity contribution in [3.63, 3.8) is 0 Å². The van der Waals surface area contributed by atoms with E-state index in [1.807, 2.05) is 42.5 Å². The van der Waals surface area contributed by atoms with Gasteiger partial charge in [0.2, 0.25) is 0 Å². The number of para-hydroxylation sites is 2. The molecule has 0 unspecified atom stereocenters. The molecule has 0 spiro atoms. The maximum Gasteiger partial charge on any atom is 0.279 e. The van der Waals surface area contributed by atoms with Gasteiger partial charge in [0.05, 0.1) is 16.8 Å². The van der Waals surface area contributed by atoms with Crippen LogP contribution in [0.25, 0.3) is 0 Å². The highest BCUT2D eigenvalue weighted by atomic mass is 16.2. The molecule has 4 aliphatic carbocycles. The van der Waals surface area contributed by atoms with Crippen LogP contribution in [0, 0.1) is 17.8 Å². The van der Waals surface area contributed by atoms with Crippen LogP contribution in [-0.4, -0.2) is 23.9 Å². The van der Waals surface area contributed by atoms with Crippen molar-refractivity contribution in [1.82, 2.24) is 0 Å². The zero-order chi connectivity index (χ0) is 20.6. The topological polar surface area (TPSA) is 74.8 Å². The van der Waals surface area contributed by atoms with Gasteiger partial charge in [0.15, 0.2) is 6.54 Å². The summed E-state index contributed by atoms with van der Waals surface area (Å²) in [7, 11) is 0. The summed E-state index contributed by atoms with van der Waals surface area (Å²) in [6.45, 7) is 0.417. The van der Waals surface area contributed by atoms with Gasteiger partial charge in [-0.25, -0.2) is 0 Å². The third kappa shape index (κ3) is 3.99. The molecule has 2 amide bonds. The monoisotopic (exact) mass is 404 g/mol. The number of quaternary nitrogens is 1. The van der Waals surface area contributed by atoms with E-state index in [1.54, 1.807) is 12.1 Å². The molecule has 2 aromatic carbocycles. The van der Waals surface area contributed by atoms with E-state index in [-0.39, 0.29) is 17.4 Å². The summed E-state index contributed by atoms with van der Waals surface area (Å²) in [5, 5.41) is 8.18. The Bertz CT molecular complexity index is 905. The number of anilines is 2. The van der Waals surface area contributed by atoms with Gasteiger partial charge in [0, 0.05) is 24.9 Å². The fourth-order valence-corrected chi connectivity index (χ4v) is 6.45. The summed E-state index contributed by atoms with van der Waals surface area (Å²) >= 11 is 0. The van der Waals surface area contributed by atoms with Gasteiger partial charge in [-0.15, -0.1) is 0 Å². The molecule has 5 heteroatoms. The van der Waals surface area contributed by atoms with Crippen molar-refractivity contribution in [2.75, 3.05) is 17.2 Å². The van der Waals surface area contributed by atoms with Crippen LogP contribution >= 0.6 is 0 Å². The summed E-state index contributed by atoms with van der Waals surface area (Å²) in [5.74, 6) is 2.36. The molecule has 4 bridgehead atoms.